The zero-order valence-electron chi connectivity index (χ0n) is 17.8. The summed E-state index contributed by atoms with van der Waals surface area (Å²) >= 11 is 7.68. The molecule has 0 spiro atoms. The Kier molecular flexibility index (Phi) is 6.71. The van der Waals surface area contributed by atoms with Gasteiger partial charge < -0.3 is 4.74 Å². The lowest BCUT2D eigenvalue weighted by atomic mass is 10.1. The fraction of sp³-hybridized carbons (Fsp3) is 0.364. The first-order valence-corrected chi connectivity index (χ1v) is 11.5. The maximum atomic E-state index is 13.6. The number of benzene rings is 2. The topological polar surface area (TPSA) is 88.8 Å². The van der Waals surface area contributed by atoms with Crippen molar-refractivity contribution in [1.82, 2.24) is 9.88 Å². The third-order valence-electron chi connectivity index (χ3n) is 5.69. The van der Waals surface area contributed by atoms with E-state index in [0.717, 1.165) is 28.9 Å². The number of hydrogen-bond donors (Lipinski definition) is 0. The Morgan fingerprint density at radius 2 is 2.00 bits per heavy atom. The van der Waals surface area contributed by atoms with E-state index in [0.29, 0.717) is 47.6 Å². The summed E-state index contributed by atoms with van der Waals surface area (Å²) in [6, 6.07) is 8.30. The van der Waals surface area contributed by atoms with Gasteiger partial charge in [-0.15, -0.1) is 0 Å². The van der Waals surface area contributed by atoms with E-state index < -0.39 is 4.92 Å². The number of fused-ring (bicyclic) bond motifs is 1. The average molecular weight is 475 g/mol. The highest BCUT2D eigenvalue weighted by Gasteiger charge is 2.27. The Balaban J connectivity index is 1.72. The van der Waals surface area contributed by atoms with Gasteiger partial charge in [0.25, 0.3) is 11.6 Å². The summed E-state index contributed by atoms with van der Waals surface area (Å²) in [6.07, 6.45) is 0. The van der Waals surface area contributed by atoms with Crippen LogP contribution in [-0.2, 0) is 4.74 Å². The third kappa shape index (κ3) is 4.47. The fourth-order valence-corrected chi connectivity index (χ4v) is 4.95. The molecule has 10 heteroatoms. The van der Waals surface area contributed by atoms with Crippen molar-refractivity contribution >= 4 is 49.9 Å². The number of hydrogen-bond acceptors (Lipinski definition) is 7. The first-order valence-electron chi connectivity index (χ1n) is 10.3. The Morgan fingerprint density at radius 3 is 2.72 bits per heavy atom. The summed E-state index contributed by atoms with van der Waals surface area (Å²) in [5, 5.41) is 12.6. The maximum absolute atomic E-state index is 13.6. The standard InChI is InChI=1S/C22H23ClN4O4S/c1-14-16(4-3-5-18(14)27(29)30)21(28)26(9-8-25-10-12-31-13-11-25)22-24-20-15(2)17(23)6-7-19(20)32-22/h3-7H,8-13H2,1-2H3. The van der Waals surface area contributed by atoms with Gasteiger partial charge in [0.05, 0.1) is 28.4 Å². The second-order valence-electron chi connectivity index (χ2n) is 7.63. The number of nitrogens with zero attached hydrogens (tertiary/aromatic N) is 4. The molecule has 8 nitrogen and oxygen atoms in total. The molecule has 0 bridgehead atoms. The van der Waals surface area contributed by atoms with Crippen molar-refractivity contribution in [3.05, 3.63) is 62.2 Å². The number of carbonyl (C=O) groups excluding carboxylic acids is 1. The van der Waals surface area contributed by atoms with Crippen LogP contribution in [0.5, 0.6) is 0 Å². The first-order chi connectivity index (χ1) is 15.4. The molecule has 0 N–H and O–H groups in total. The van der Waals surface area contributed by atoms with Crippen LogP contribution in [0.1, 0.15) is 21.5 Å². The fourth-order valence-electron chi connectivity index (χ4n) is 3.75. The number of nitro benzene ring substituents is 1. The van der Waals surface area contributed by atoms with E-state index in [1.54, 1.807) is 24.0 Å². The zero-order valence-corrected chi connectivity index (χ0v) is 19.4. The first kappa shape index (κ1) is 22.6. The van der Waals surface area contributed by atoms with Crippen LogP contribution >= 0.6 is 22.9 Å². The summed E-state index contributed by atoms with van der Waals surface area (Å²) in [6.45, 7) is 7.49. The van der Waals surface area contributed by atoms with Gasteiger partial charge in [-0.1, -0.05) is 29.0 Å². The molecular weight excluding hydrogens is 452 g/mol. The Bertz CT molecular complexity index is 1180. The third-order valence-corrected chi connectivity index (χ3v) is 7.14. The van der Waals surface area contributed by atoms with E-state index in [2.05, 4.69) is 4.90 Å². The molecule has 3 aromatic rings. The quantitative estimate of drug-likeness (QED) is 0.387. The van der Waals surface area contributed by atoms with Crippen LogP contribution in [0, 0.1) is 24.0 Å². The molecule has 1 fully saturated rings. The Hall–Kier alpha value is -2.59. The molecule has 0 atom stereocenters. The molecule has 0 aliphatic carbocycles. The number of aryl methyl sites for hydroxylation is 1. The van der Waals surface area contributed by atoms with E-state index >= 15 is 0 Å². The lowest BCUT2D eigenvalue weighted by molar-refractivity contribution is -0.385. The molecule has 4 rings (SSSR count). The number of morpholine rings is 1. The highest BCUT2D eigenvalue weighted by atomic mass is 35.5. The average Bonchev–Trinajstić information content (AvgIpc) is 3.22. The number of carbonyl (C=O) groups is 1. The maximum Gasteiger partial charge on any atom is 0.273 e. The minimum Gasteiger partial charge on any atom is -0.379 e. The smallest absolute Gasteiger partial charge is 0.273 e. The number of halogens is 1. The molecule has 0 saturated carbocycles. The molecule has 0 unspecified atom stereocenters. The van der Waals surface area contributed by atoms with E-state index in [1.165, 1.54) is 17.4 Å². The van der Waals surface area contributed by atoms with Gasteiger partial charge in [0, 0.05) is 48.4 Å². The van der Waals surface area contributed by atoms with Crippen molar-refractivity contribution in [2.24, 2.45) is 0 Å². The van der Waals surface area contributed by atoms with Gasteiger partial charge in [-0.2, -0.15) is 0 Å². The predicted octanol–water partition coefficient (Wildman–Crippen LogP) is 4.45. The molecule has 1 aliphatic rings. The summed E-state index contributed by atoms with van der Waals surface area (Å²) in [4.78, 5) is 33.2. The van der Waals surface area contributed by atoms with Crippen LogP contribution in [0.4, 0.5) is 10.8 Å². The van der Waals surface area contributed by atoms with Gasteiger partial charge in [-0.25, -0.2) is 4.98 Å². The molecule has 1 aromatic heterocycles. The lowest BCUT2D eigenvalue weighted by Crippen LogP contribution is -2.43. The van der Waals surface area contributed by atoms with Crippen LogP contribution in [0.15, 0.2) is 30.3 Å². The molecular formula is C22H23ClN4O4S. The van der Waals surface area contributed by atoms with E-state index in [-0.39, 0.29) is 11.6 Å². The second-order valence-corrected chi connectivity index (χ2v) is 9.05. The number of amides is 1. The molecule has 2 aromatic carbocycles. The van der Waals surface area contributed by atoms with Gasteiger partial charge in [0.15, 0.2) is 5.13 Å². The number of ether oxygens (including phenoxy) is 1. The molecule has 32 heavy (non-hydrogen) atoms. The number of anilines is 1. The van der Waals surface area contributed by atoms with Crippen molar-refractivity contribution in [1.29, 1.82) is 0 Å². The van der Waals surface area contributed by atoms with Crippen molar-refractivity contribution in [3.8, 4) is 0 Å². The van der Waals surface area contributed by atoms with Crippen LogP contribution in [0.2, 0.25) is 5.02 Å². The number of rotatable bonds is 6. The Morgan fingerprint density at radius 1 is 1.25 bits per heavy atom. The monoisotopic (exact) mass is 474 g/mol. The molecule has 1 amide bonds. The minimum atomic E-state index is -0.465. The van der Waals surface area contributed by atoms with Gasteiger partial charge in [0.1, 0.15) is 0 Å². The highest BCUT2D eigenvalue weighted by Crippen LogP contribution is 2.34. The van der Waals surface area contributed by atoms with Gasteiger partial charge in [0.2, 0.25) is 0 Å². The van der Waals surface area contributed by atoms with Crippen molar-refractivity contribution < 1.29 is 14.5 Å². The van der Waals surface area contributed by atoms with Crippen LogP contribution in [0.3, 0.4) is 0 Å². The number of nitro groups is 1. The SMILES string of the molecule is Cc1c(C(=O)N(CCN2CCOCC2)c2nc3c(C)c(Cl)ccc3s2)cccc1[N+](=O)[O-]. The highest BCUT2D eigenvalue weighted by molar-refractivity contribution is 7.22. The van der Waals surface area contributed by atoms with Gasteiger partial charge in [-0.3, -0.25) is 24.7 Å². The van der Waals surface area contributed by atoms with Crippen LogP contribution in [0.25, 0.3) is 10.2 Å². The molecule has 1 saturated heterocycles. The van der Waals surface area contributed by atoms with Crippen molar-refractivity contribution in [2.75, 3.05) is 44.3 Å². The summed E-state index contributed by atoms with van der Waals surface area (Å²) in [7, 11) is 0. The summed E-state index contributed by atoms with van der Waals surface area (Å²) in [5.74, 6) is -0.303. The largest absolute Gasteiger partial charge is 0.379 e. The normalized spacial score (nSPS) is 14.6. The van der Waals surface area contributed by atoms with Gasteiger partial charge in [-0.05, 0) is 37.6 Å². The van der Waals surface area contributed by atoms with Gasteiger partial charge >= 0.3 is 0 Å². The minimum absolute atomic E-state index is 0.0732. The summed E-state index contributed by atoms with van der Waals surface area (Å²) < 4.78 is 6.35. The van der Waals surface area contributed by atoms with E-state index in [1.807, 2.05) is 19.1 Å². The van der Waals surface area contributed by atoms with Crippen molar-refractivity contribution in [2.45, 2.75) is 13.8 Å². The van der Waals surface area contributed by atoms with Crippen LogP contribution < -0.4 is 4.90 Å². The molecule has 168 valence electrons. The second kappa shape index (κ2) is 9.50. The number of thiazole rings is 1. The van der Waals surface area contributed by atoms with Crippen molar-refractivity contribution in [3.63, 3.8) is 0 Å². The molecule has 1 aliphatic heterocycles. The molecule has 2 heterocycles. The molecule has 0 radical (unpaired) electrons. The summed E-state index contributed by atoms with van der Waals surface area (Å²) in [5.41, 5.74) is 2.20. The number of aromatic nitrogens is 1. The predicted molar refractivity (Wildman–Crippen MR) is 126 cm³/mol. The van der Waals surface area contributed by atoms with Crippen LogP contribution in [-0.4, -0.2) is 60.1 Å². The van der Waals surface area contributed by atoms with E-state index in [4.69, 9.17) is 21.3 Å². The van der Waals surface area contributed by atoms with E-state index in [9.17, 15) is 14.9 Å². The Labute approximate surface area is 194 Å². The lowest BCUT2D eigenvalue weighted by Gasteiger charge is -2.29. The zero-order chi connectivity index (χ0) is 22.8.